The molecule has 0 saturated heterocycles. The van der Waals surface area contributed by atoms with E-state index in [9.17, 15) is 18.4 Å². The predicted octanol–water partition coefficient (Wildman–Crippen LogP) is 3.21. The van der Waals surface area contributed by atoms with Crippen molar-refractivity contribution in [1.29, 1.82) is 0 Å². The molecule has 2 aromatic heterocycles. The van der Waals surface area contributed by atoms with Gasteiger partial charge in [0.1, 0.15) is 11.4 Å². The number of aromatic nitrogens is 2. The van der Waals surface area contributed by atoms with Crippen molar-refractivity contribution in [2.24, 2.45) is 5.92 Å². The van der Waals surface area contributed by atoms with Crippen LogP contribution in [0.1, 0.15) is 42.7 Å². The van der Waals surface area contributed by atoms with Crippen LogP contribution in [0.15, 0.2) is 30.5 Å². The number of carbonyl (C=O) groups excluding carboxylic acids is 2. The maximum atomic E-state index is 12.7. The Kier molecular flexibility index (Phi) is 8.02. The first-order valence-electron chi connectivity index (χ1n) is 9.25. The fourth-order valence-electron chi connectivity index (χ4n) is 2.39. The van der Waals surface area contributed by atoms with Crippen LogP contribution in [0, 0.1) is 5.92 Å². The molecule has 0 aliphatic heterocycles. The monoisotopic (exact) mass is 422 g/mol. The molecular formula is C20H24F2N4O4. The Hall–Kier alpha value is -3.30. The maximum absolute atomic E-state index is 12.7. The van der Waals surface area contributed by atoms with Gasteiger partial charge in [0.25, 0.3) is 12.3 Å². The predicted molar refractivity (Wildman–Crippen MR) is 106 cm³/mol. The van der Waals surface area contributed by atoms with Crippen molar-refractivity contribution in [1.82, 2.24) is 15.3 Å². The van der Waals surface area contributed by atoms with Crippen LogP contribution in [0.3, 0.4) is 0 Å². The van der Waals surface area contributed by atoms with Crippen LogP contribution in [0.2, 0.25) is 0 Å². The van der Waals surface area contributed by atoms with Gasteiger partial charge in [-0.05, 0) is 30.7 Å². The third-order valence-corrected chi connectivity index (χ3v) is 4.04. The summed E-state index contributed by atoms with van der Waals surface area (Å²) < 4.78 is 34.5. The molecule has 10 heteroatoms. The van der Waals surface area contributed by atoms with Crippen LogP contribution in [0.4, 0.5) is 14.6 Å². The maximum Gasteiger partial charge on any atom is 0.272 e. The molecule has 8 nitrogen and oxygen atoms in total. The zero-order valence-corrected chi connectivity index (χ0v) is 17.1. The number of methoxy groups -OCH3 is 1. The summed E-state index contributed by atoms with van der Waals surface area (Å²) in [6, 6.07) is 5.66. The Bertz CT molecular complexity index is 893. The SMILES string of the molecule is COc1nc(OCC(F)F)ccc1C(=O)NC(C)c1ccnc(NC(=O)C(C)C)c1. The fraction of sp³-hybridized carbons (Fsp3) is 0.400. The summed E-state index contributed by atoms with van der Waals surface area (Å²) in [5, 5.41) is 5.51. The van der Waals surface area contributed by atoms with Crippen LogP contribution in [-0.4, -0.2) is 41.9 Å². The van der Waals surface area contributed by atoms with Crippen molar-refractivity contribution in [2.75, 3.05) is 19.0 Å². The molecule has 2 N–H and O–H groups in total. The lowest BCUT2D eigenvalue weighted by Crippen LogP contribution is -2.27. The molecule has 0 aromatic carbocycles. The molecule has 0 aliphatic rings. The van der Waals surface area contributed by atoms with E-state index in [1.54, 1.807) is 32.9 Å². The Balaban J connectivity index is 2.11. The van der Waals surface area contributed by atoms with Crippen molar-refractivity contribution in [3.05, 3.63) is 41.6 Å². The van der Waals surface area contributed by atoms with Gasteiger partial charge in [0.2, 0.25) is 17.7 Å². The molecule has 0 saturated carbocycles. The Labute approximate surface area is 173 Å². The fourth-order valence-corrected chi connectivity index (χ4v) is 2.39. The number of amides is 2. The number of carbonyl (C=O) groups is 2. The topological polar surface area (TPSA) is 102 Å². The van der Waals surface area contributed by atoms with Crippen LogP contribution < -0.4 is 20.1 Å². The van der Waals surface area contributed by atoms with E-state index in [-0.39, 0.29) is 29.1 Å². The van der Waals surface area contributed by atoms with E-state index in [1.807, 2.05) is 0 Å². The number of rotatable bonds is 9. The van der Waals surface area contributed by atoms with E-state index in [4.69, 9.17) is 9.47 Å². The lowest BCUT2D eigenvalue weighted by molar-refractivity contribution is -0.118. The van der Waals surface area contributed by atoms with E-state index in [0.717, 1.165) is 5.56 Å². The summed E-state index contributed by atoms with van der Waals surface area (Å²) in [7, 11) is 1.31. The quantitative estimate of drug-likeness (QED) is 0.643. The molecule has 162 valence electrons. The lowest BCUT2D eigenvalue weighted by Gasteiger charge is -2.17. The van der Waals surface area contributed by atoms with E-state index in [0.29, 0.717) is 5.82 Å². The molecule has 30 heavy (non-hydrogen) atoms. The average molecular weight is 422 g/mol. The molecule has 2 aromatic rings. The number of anilines is 1. The summed E-state index contributed by atoms with van der Waals surface area (Å²) >= 11 is 0. The molecule has 2 rings (SSSR count). The second-order valence-corrected chi connectivity index (χ2v) is 6.72. The molecule has 2 heterocycles. The van der Waals surface area contributed by atoms with Crippen molar-refractivity contribution >= 4 is 17.6 Å². The van der Waals surface area contributed by atoms with Gasteiger partial charge < -0.3 is 20.1 Å². The number of hydrogen-bond acceptors (Lipinski definition) is 6. The summed E-state index contributed by atoms with van der Waals surface area (Å²) in [6.45, 7) is 4.50. The van der Waals surface area contributed by atoms with Gasteiger partial charge in [0.15, 0.2) is 6.61 Å². The molecule has 1 atom stereocenters. The van der Waals surface area contributed by atoms with Crippen molar-refractivity contribution in [3.8, 4) is 11.8 Å². The highest BCUT2D eigenvalue weighted by Gasteiger charge is 2.19. The number of halogens is 2. The number of hydrogen-bond donors (Lipinski definition) is 2. The van der Waals surface area contributed by atoms with E-state index in [1.165, 1.54) is 25.4 Å². The summed E-state index contributed by atoms with van der Waals surface area (Å²) in [5.74, 6) is -0.576. The van der Waals surface area contributed by atoms with Gasteiger partial charge in [0.05, 0.1) is 13.2 Å². The first kappa shape index (κ1) is 23.0. The van der Waals surface area contributed by atoms with Crippen molar-refractivity contribution in [2.45, 2.75) is 33.2 Å². The highest BCUT2D eigenvalue weighted by molar-refractivity contribution is 5.96. The second kappa shape index (κ2) is 10.5. The molecule has 2 amide bonds. The second-order valence-electron chi connectivity index (χ2n) is 6.72. The average Bonchev–Trinajstić information content (AvgIpc) is 2.71. The third-order valence-electron chi connectivity index (χ3n) is 4.04. The molecule has 0 spiro atoms. The van der Waals surface area contributed by atoms with Crippen LogP contribution in [-0.2, 0) is 4.79 Å². The Morgan fingerprint density at radius 3 is 2.53 bits per heavy atom. The van der Waals surface area contributed by atoms with Crippen molar-refractivity contribution < 1.29 is 27.8 Å². The minimum absolute atomic E-state index is 0.0499. The zero-order chi connectivity index (χ0) is 22.3. The molecular weight excluding hydrogens is 398 g/mol. The van der Waals surface area contributed by atoms with E-state index in [2.05, 4.69) is 20.6 Å². The van der Waals surface area contributed by atoms with Gasteiger partial charge in [-0.1, -0.05) is 13.8 Å². The van der Waals surface area contributed by atoms with Gasteiger partial charge in [-0.25, -0.2) is 13.8 Å². The molecule has 0 aliphatic carbocycles. The largest absolute Gasteiger partial charge is 0.480 e. The van der Waals surface area contributed by atoms with Gasteiger partial charge >= 0.3 is 0 Å². The van der Waals surface area contributed by atoms with Crippen LogP contribution in [0.25, 0.3) is 0 Å². The number of pyridine rings is 2. The Morgan fingerprint density at radius 1 is 1.17 bits per heavy atom. The normalized spacial score (nSPS) is 11.9. The number of alkyl halides is 2. The van der Waals surface area contributed by atoms with Gasteiger partial charge in [-0.2, -0.15) is 4.98 Å². The number of ether oxygens (including phenoxy) is 2. The molecule has 0 bridgehead atoms. The van der Waals surface area contributed by atoms with E-state index < -0.39 is 25.0 Å². The minimum atomic E-state index is -2.64. The Morgan fingerprint density at radius 2 is 1.90 bits per heavy atom. The highest BCUT2D eigenvalue weighted by atomic mass is 19.3. The first-order chi connectivity index (χ1) is 14.2. The first-order valence-corrected chi connectivity index (χ1v) is 9.25. The molecule has 0 radical (unpaired) electrons. The van der Waals surface area contributed by atoms with Crippen LogP contribution in [0.5, 0.6) is 11.8 Å². The molecule has 0 fully saturated rings. The smallest absolute Gasteiger partial charge is 0.272 e. The number of nitrogens with one attached hydrogen (secondary N) is 2. The lowest BCUT2D eigenvalue weighted by atomic mass is 10.1. The number of nitrogens with zero attached hydrogens (tertiary/aromatic N) is 2. The van der Waals surface area contributed by atoms with E-state index >= 15 is 0 Å². The summed E-state index contributed by atoms with van der Waals surface area (Å²) in [6.07, 6.45) is -1.11. The van der Waals surface area contributed by atoms with Gasteiger partial charge in [-0.15, -0.1) is 0 Å². The summed E-state index contributed by atoms with van der Waals surface area (Å²) in [5.41, 5.74) is 0.845. The van der Waals surface area contributed by atoms with Crippen LogP contribution >= 0.6 is 0 Å². The van der Waals surface area contributed by atoms with Crippen molar-refractivity contribution in [3.63, 3.8) is 0 Å². The van der Waals surface area contributed by atoms with Gasteiger partial charge in [0, 0.05) is 18.2 Å². The minimum Gasteiger partial charge on any atom is -0.480 e. The third kappa shape index (κ3) is 6.36. The van der Waals surface area contributed by atoms with Gasteiger partial charge in [-0.3, -0.25) is 9.59 Å². The summed E-state index contributed by atoms with van der Waals surface area (Å²) in [4.78, 5) is 32.5. The highest BCUT2D eigenvalue weighted by Crippen LogP contribution is 2.22. The molecule has 1 unspecified atom stereocenters. The zero-order valence-electron chi connectivity index (χ0n) is 17.1. The standard InChI is InChI=1S/C20H24F2N4O4/c1-11(2)18(27)25-16-9-13(7-8-23-16)12(3)24-19(28)14-5-6-17(26-20(14)29-4)30-10-15(21)22/h5-9,11-12,15H,10H2,1-4H3,(H,24,28)(H,23,25,27).